The van der Waals surface area contributed by atoms with E-state index >= 15 is 0 Å². The fourth-order valence-corrected chi connectivity index (χ4v) is 5.84. The van der Waals surface area contributed by atoms with E-state index in [1.165, 1.54) is 0 Å². The number of nitrogens with one attached hydrogen (secondary N) is 1. The molecule has 180 valence electrons. The molecule has 0 radical (unpaired) electrons. The van der Waals surface area contributed by atoms with E-state index in [2.05, 4.69) is 56.5 Å². The minimum absolute atomic E-state index is 0.0121. The Kier molecular flexibility index (Phi) is 8.54. The summed E-state index contributed by atoms with van der Waals surface area (Å²) in [6.07, 6.45) is -2.57. The van der Waals surface area contributed by atoms with Crippen LogP contribution in [0.1, 0.15) is 32.6 Å². The Bertz CT molecular complexity index is 805. The summed E-state index contributed by atoms with van der Waals surface area (Å²) in [6, 6.07) is 9.78. The molecule has 0 bridgehead atoms. The summed E-state index contributed by atoms with van der Waals surface area (Å²) in [4.78, 5) is 0. The summed E-state index contributed by atoms with van der Waals surface area (Å²) in [5.41, 5.74) is 0.929. The zero-order chi connectivity index (χ0) is 23.9. The van der Waals surface area contributed by atoms with Crippen molar-refractivity contribution in [1.82, 2.24) is 0 Å². The van der Waals surface area contributed by atoms with E-state index in [9.17, 15) is 0 Å². The highest BCUT2D eigenvalue weighted by Crippen LogP contribution is 2.44. The molecule has 1 unspecified atom stereocenters. The number of alkyl halides is 4. The Labute approximate surface area is 219 Å². The topological polar surface area (TPSA) is 70.0 Å². The molecule has 2 saturated heterocycles. The van der Waals surface area contributed by atoms with E-state index in [0.29, 0.717) is 0 Å². The van der Waals surface area contributed by atoms with Crippen LogP contribution in [0.2, 0.25) is 18.1 Å². The predicted octanol–water partition coefficient (Wildman–Crippen LogP) is 6.38. The normalized spacial score (nSPS) is 31.7. The maximum absolute atomic E-state index is 7.99. The molecule has 1 aromatic rings. The lowest BCUT2D eigenvalue weighted by molar-refractivity contribution is -0.323. The monoisotopic (exact) mass is 635 g/mol. The molecule has 0 aromatic heterocycles. The van der Waals surface area contributed by atoms with Gasteiger partial charge in [-0.15, -0.1) is 0 Å². The number of benzene rings is 1. The van der Waals surface area contributed by atoms with Crippen molar-refractivity contribution in [3.8, 4) is 0 Å². The van der Waals surface area contributed by atoms with Gasteiger partial charge in [0.2, 0.25) is 12.2 Å². The van der Waals surface area contributed by atoms with Gasteiger partial charge in [-0.25, -0.2) is 0 Å². The minimum Gasteiger partial charge on any atom is -0.447 e. The van der Waals surface area contributed by atoms with Crippen LogP contribution in [0.25, 0.3) is 0 Å². The van der Waals surface area contributed by atoms with E-state index in [0.717, 1.165) is 5.56 Å². The lowest BCUT2D eigenvalue weighted by atomic mass is 10.00. The van der Waals surface area contributed by atoms with Crippen LogP contribution >= 0.6 is 57.4 Å². The van der Waals surface area contributed by atoms with Gasteiger partial charge in [0.1, 0.15) is 16.1 Å². The van der Waals surface area contributed by atoms with Crippen LogP contribution in [-0.4, -0.2) is 53.1 Å². The van der Waals surface area contributed by atoms with Crippen molar-refractivity contribution in [2.75, 3.05) is 6.61 Å². The largest absolute Gasteiger partial charge is 0.447 e. The van der Waals surface area contributed by atoms with Crippen molar-refractivity contribution in [1.29, 1.82) is 5.41 Å². The van der Waals surface area contributed by atoms with Crippen LogP contribution in [0.4, 0.5) is 0 Å². The van der Waals surface area contributed by atoms with Crippen LogP contribution in [0, 0.1) is 5.41 Å². The Hall–Kier alpha value is 0.347. The first kappa shape index (κ1) is 26.9. The van der Waals surface area contributed by atoms with Crippen LogP contribution in [0.15, 0.2) is 30.3 Å². The van der Waals surface area contributed by atoms with Crippen LogP contribution in [0.3, 0.4) is 0 Å². The summed E-state index contributed by atoms with van der Waals surface area (Å²) in [7, 11) is -2.19. The molecule has 6 nitrogen and oxygen atoms in total. The van der Waals surface area contributed by atoms with Gasteiger partial charge in [-0.05, 0) is 18.1 Å². The molecule has 1 N–H and O–H groups in total. The smallest absolute Gasteiger partial charge is 0.265 e. The third kappa shape index (κ3) is 6.12. The summed E-state index contributed by atoms with van der Waals surface area (Å²) in [6.45, 7) is 11.2. The number of hydrogen-bond donors (Lipinski definition) is 1. The fraction of sp³-hybridized carbons (Fsp3) is 0.667. The van der Waals surface area contributed by atoms with Gasteiger partial charge in [-0.1, -0.05) is 108 Å². The fourth-order valence-electron chi connectivity index (χ4n) is 3.25. The lowest BCUT2D eigenvalue weighted by Gasteiger charge is -2.51. The second-order valence-electron chi connectivity index (χ2n) is 9.45. The van der Waals surface area contributed by atoms with E-state index in [-0.39, 0.29) is 27.8 Å². The predicted molar refractivity (Wildman–Crippen MR) is 138 cm³/mol. The number of ether oxygens (including phenoxy) is 4. The summed E-state index contributed by atoms with van der Waals surface area (Å²) >= 11 is 19.7. The molecule has 2 aliphatic rings. The van der Waals surface area contributed by atoms with E-state index < -0.39 is 36.7 Å². The first-order valence-electron chi connectivity index (χ1n) is 10.3. The molecule has 2 fully saturated rings. The highest BCUT2D eigenvalue weighted by atomic mass is 127. The Morgan fingerprint density at radius 3 is 2.31 bits per heavy atom. The molecule has 0 aliphatic carbocycles. The van der Waals surface area contributed by atoms with Crippen molar-refractivity contribution in [2.24, 2.45) is 0 Å². The first-order chi connectivity index (χ1) is 14.7. The van der Waals surface area contributed by atoms with Gasteiger partial charge in [0.15, 0.2) is 14.6 Å². The van der Waals surface area contributed by atoms with Crippen LogP contribution in [-0.2, 0) is 23.4 Å². The average Bonchev–Trinajstić information content (AvgIpc) is 2.69. The Morgan fingerprint density at radius 2 is 1.75 bits per heavy atom. The van der Waals surface area contributed by atoms with E-state index in [1.807, 2.05) is 30.3 Å². The zero-order valence-corrected chi connectivity index (χ0v) is 24.0. The van der Waals surface area contributed by atoms with E-state index in [1.54, 1.807) is 0 Å². The first-order valence-corrected chi connectivity index (χ1v) is 15.6. The van der Waals surface area contributed by atoms with Crippen LogP contribution in [0.5, 0.6) is 0 Å². The lowest BCUT2D eigenvalue weighted by Crippen LogP contribution is -2.64. The third-order valence-electron chi connectivity index (χ3n) is 6.07. The minimum atomic E-state index is -2.19. The standard InChI is InChI=1S/C21H29Cl3INO5Si/c1-20(2,3)32(4,5)31-16-14(25)18(30-19(26)21(22,23)24)28-13-11-27-17(29-15(13)16)12-9-7-6-8-10-12/h6-10,13-18,26H,11H2,1-5H3/t13-,14-,15-,16-,17?,18+/m1/s1. The number of rotatable bonds is 4. The molecular formula is C21H29Cl3INO5Si. The van der Waals surface area contributed by atoms with Gasteiger partial charge in [0.25, 0.3) is 3.79 Å². The molecule has 2 aliphatic heterocycles. The second kappa shape index (κ2) is 10.1. The maximum atomic E-state index is 7.99. The quantitative estimate of drug-likeness (QED) is 0.137. The van der Waals surface area contributed by atoms with E-state index in [4.69, 9.17) is 63.6 Å². The van der Waals surface area contributed by atoms with Gasteiger partial charge in [0, 0.05) is 5.56 Å². The number of fused-ring (bicyclic) bond motifs is 1. The molecule has 3 rings (SSSR count). The summed E-state index contributed by atoms with van der Waals surface area (Å²) in [5.74, 6) is -0.501. The SMILES string of the molecule is CC(C)(C)[Si](C)(C)O[C@@H]1[C@@H](I)[C@H](OC(=N)C(Cl)(Cl)Cl)O[C@@H]2COC(c3ccccc3)O[C@@H]12. The third-order valence-corrected chi connectivity index (χ3v) is 12.4. The highest BCUT2D eigenvalue weighted by Gasteiger charge is 2.54. The summed E-state index contributed by atoms with van der Waals surface area (Å²) < 4.78 is 28.6. The van der Waals surface area contributed by atoms with Gasteiger partial charge in [-0.2, -0.15) is 0 Å². The van der Waals surface area contributed by atoms with Crippen molar-refractivity contribution < 1.29 is 23.4 Å². The zero-order valence-electron chi connectivity index (χ0n) is 18.6. The summed E-state index contributed by atoms with van der Waals surface area (Å²) in [5, 5.41) is 7.98. The van der Waals surface area contributed by atoms with Gasteiger partial charge >= 0.3 is 0 Å². The molecule has 32 heavy (non-hydrogen) atoms. The number of halogens is 4. The highest BCUT2D eigenvalue weighted by molar-refractivity contribution is 14.1. The second-order valence-corrected chi connectivity index (χ2v) is 17.9. The molecule has 0 saturated carbocycles. The molecule has 6 atom stereocenters. The van der Waals surface area contributed by atoms with Crippen molar-refractivity contribution >= 4 is 71.6 Å². The molecule has 0 spiro atoms. The van der Waals surface area contributed by atoms with Gasteiger partial charge in [0.05, 0.1) is 12.7 Å². The van der Waals surface area contributed by atoms with Gasteiger partial charge in [-0.3, -0.25) is 5.41 Å². The van der Waals surface area contributed by atoms with Crippen LogP contribution < -0.4 is 0 Å². The molecule has 0 amide bonds. The van der Waals surface area contributed by atoms with Gasteiger partial charge < -0.3 is 23.4 Å². The number of hydrogen-bond acceptors (Lipinski definition) is 6. The van der Waals surface area contributed by atoms with Crippen molar-refractivity contribution in [3.05, 3.63) is 35.9 Å². The Morgan fingerprint density at radius 1 is 1.12 bits per heavy atom. The van der Waals surface area contributed by atoms with Crippen molar-refractivity contribution in [2.45, 2.75) is 77.5 Å². The molecule has 11 heteroatoms. The molecule has 1 aromatic carbocycles. The Balaban J connectivity index is 1.88. The average molecular weight is 637 g/mol. The van der Waals surface area contributed by atoms with Crippen molar-refractivity contribution in [3.63, 3.8) is 0 Å². The molecule has 2 heterocycles. The molecular weight excluding hydrogens is 608 g/mol. The maximum Gasteiger partial charge on any atom is 0.265 e.